The molecule has 2 aromatic carbocycles. The van der Waals surface area contributed by atoms with E-state index in [4.69, 9.17) is 10.5 Å². The zero-order valence-corrected chi connectivity index (χ0v) is 15.4. The van der Waals surface area contributed by atoms with Gasteiger partial charge in [-0.1, -0.05) is 12.1 Å². The molecule has 0 fully saturated rings. The summed E-state index contributed by atoms with van der Waals surface area (Å²) in [7, 11) is -3.23. The van der Waals surface area contributed by atoms with Gasteiger partial charge in [-0.15, -0.1) is 0 Å². The van der Waals surface area contributed by atoms with Crippen molar-refractivity contribution in [3.63, 3.8) is 0 Å². The molecular weight excluding hydrogens is 378 g/mol. The Morgan fingerprint density at radius 2 is 1.96 bits per heavy atom. The van der Waals surface area contributed by atoms with E-state index >= 15 is 0 Å². The average molecular weight is 398 g/mol. The molecule has 6 nitrogen and oxygen atoms in total. The van der Waals surface area contributed by atoms with Crippen molar-refractivity contribution in [1.82, 2.24) is 0 Å². The molecule has 2 rings (SSSR count). The number of nitrogens with one attached hydrogen (secondary N) is 1. The van der Waals surface area contributed by atoms with Crippen LogP contribution in [0.1, 0.15) is 12.0 Å². The van der Waals surface area contributed by atoms with Crippen LogP contribution in [0.25, 0.3) is 0 Å². The second kappa shape index (κ2) is 8.92. The molecule has 0 aromatic heterocycles. The third-order valence-corrected chi connectivity index (χ3v) is 4.60. The van der Waals surface area contributed by atoms with Crippen molar-refractivity contribution in [3.8, 4) is 5.75 Å². The Morgan fingerprint density at radius 3 is 2.59 bits per heavy atom. The van der Waals surface area contributed by atoms with Crippen LogP contribution in [0, 0.1) is 11.6 Å². The van der Waals surface area contributed by atoms with E-state index < -0.39 is 33.4 Å². The van der Waals surface area contributed by atoms with E-state index in [9.17, 15) is 22.0 Å². The summed E-state index contributed by atoms with van der Waals surface area (Å²) >= 11 is 0. The Balaban J connectivity index is 1.94. The van der Waals surface area contributed by atoms with Crippen molar-refractivity contribution < 1.29 is 26.7 Å². The Labute approximate surface area is 156 Å². The minimum atomic E-state index is -3.23. The van der Waals surface area contributed by atoms with Gasteiger partial charge in [-0.25, -0.2) is 17.2 Å². The summed E-state index contributed by atoms with van der Waals surface area (Å²) in [5.74, 6) is -2.02. The minimum Gasteiger partial charge on any atom is -0.486 e. The second-order valence-electron chi connectivity index (χ2n) is 6.08. The highest BCUT2D eigenvalue weighted by Crippen LogP contribution is 2.22. The molecule has 0 aliphatic heterocycles. The molecule has 1 atom stereocenters. The summed E-state index contributed by atoms with van der Waals surface area (Å²) in [6.07, 6.45) is 1.01. The van der Waals surface area contributed by atoms with Crippen molar-refractivity contribution in [3.05, 3.63) is 59.7 Å². The van der Waals surface area contributed by atoms with E-state index in [1.807, 2.05) is 0 Å². The van der Waals surface area contributed by atoms with Crippen LogP contribution in [-0.2, 0) is 21.2 Å². The first-order chi connectivity index (χ1) is 12.6. The molecule has 0 saturated heterocycles. The van der Waals surface area contributed by atoms with Gasteiger partial charge < -0.3 is 15.8 Å². The summed E-state index contributed by atoms with van der Waals surface area (Å²) in [4.78, 5) is 11.9. The van der Waals surface area contributed by atoms with Crippen LogP contribution in [0.2, 0.25) is 0 Å². The summed E-state index contributed by atoms with van der Waals surface area (Å²) in [6, 6.07) is 8.52. The highest BCUT2D eigenvalue weighted by molar-refractivity contribution is 7.90. The lowest BCUT2D eigenvalue weighted by Gasteiger charge is -2.13. The summed E-state index contributed by atoms with van der Waals surface area (Å²) < 4.78 is 54.8. The quantitative estimate of drug-likeness (QED) is 0.711. The standard InChI is InChI=1S/C18H20F2N2O4S/c1-27(24,25)8-7-16(21)18(23)22-14-5-6-17(15(20)10-14)26-11-12-3-2-4-13(19)9-12/h2-6,9-10,16H,7-8,11,21H2,1H3,(H,22,23). The van der Waals surface area contributed by atoms with E-state index in [1.54, 1.807) is 6.07 Å². The molecule has 1 unspecified atom stereocenters. The molecule has 0 saturated carbocycles. The first-order valence-electron chi connectivity index (χ1n) is 8.05. The maximum absolute atomic E-state index is 14.1. The first kappa shape index (κ1) is 20.8. The zero-order valence-electron chi connectivity index (χ0n) is 14.6. The van der Waals surface area contributed by atoms with E-state index in [2.05, 4.69) is 5.32 Å². The molecule has 0 heterocycles. The molecule has 0 radical (unpaired) electrons. The van der Waals surface area contributed by atoms with E-state index in [0.29, 0.717) is 5.56 Å². The number of benzene rings is 2. The van der Waals surface area contributed by atoms with Crippen molar-refractivity contribution in [2.75, 3.05) is 17.3 Å². The van der Waals surface area contributed by atoms with Crippen molar-refractivity contribution in [2.45, 2.75) is 19.1 Å². The average Bonchev–Trinajstić information content (AvgIpc) is 2.58. The fraction of sp³-hybridized carbons (Fsp3) is 0.278. The number of carbonyl (C=O) groups excluding carboxylic acids is 1. The number of rotatable bonds is 8. The number of carbonyl (C=O) groups is 1. The fourth-order valence-corrected chi connectivity index (χ4v) is 2.87. The molecule has 0 aliphatic carbocycles. The predicted molar refractivity (Wildman–Crippen MR) is 98.1 cm³/mol. The third-order valence-electron chi connectivity index (χ3n) is 3.62. The normalized spacial score (nSPS) is 12.4. The van der Waals surface area contributed by atoms with Crippen LogP contribution in [0.5, 0.6) is 5.75 Å². The van der Waals surface area contributed by atoms with Gasteiger partial charge in [0.15, 0.2) is 11.6 Å². The smallest absolute Gasteiger partial charge is 0.241 e. The number of nitrogens with two attached hydrogens (primary N) is 1. The lowest BCUT2D eigenvalue weighted by Crippen LogP contribution is -2.37. The SMILES string of the molecule is CS(=O)(=O)CCC(N)C(=O)Nc1ccc(OCc2cccc(F)c2)c(F)c1. The molecule has 2 aromatic rings. The minimum absolute atomic E-state index is 0.0171. The molecule has 27 heavy (non-hydrogen) atoms. The molecule has 1 amide bonds. The van der Waals surface area contributed by atoms with Gasteiger partial charge >= 0.3 is 0 Å². The second-order valence-corrected chi connectivity index (χ2v) is 8.34. The Hall–Kier alpha value is -2.52. The van der Waals surface area contributed by atoms with Gasteiger partial charge in [0, 0.05) is 18.0 Å². The van der Waals surface area contributed by atoms with Gasteiger partial charge in [-0.2, -0.15) is 0 Å². The Morgan fingerprint density at radius 1 is 1.22 bits per heavy atom. The van der Waals surface area contributed by atoms with Crippen LogP contribution in [0.3, 0.4) is 0 Å². The maximum atomic E-state index is 14.1. The molecule has 0 aliphatic rings. The number of hydrogen-bond donors (Lipinski definition) is 2. The van der Waals surface area contributed by atoms with Gasteiger partial charge in [0.1, 0.15) is 22.3 Å². The Kier molecular flexibility index (Phi) is 6.86. The Bertz CT molecular complexity index is 919. The molecule has 9 heteroatoms. The number of anilines is 1. The van der Waals surface area contributed by atoms with E-state index in [1.165, 1.54) is 30.3 Å². The van der Waals surface area contributed by atoms with E-state index in [-0.39, 0.29) is 30.2 Å². The van der Waals surface area contributed by atoms with Gasteiger partial charge in [-0.3, -0.25) is 4.79 Å². The largest absolute Gasteiger partial charge is 0.486 e. The zero-order chi connectivity index (χ0) is 20.0. The summed E-state index contributed by atoms with van der Waals surface area (Å²) in [5.41, 5.74) is 6.34. The van der Waals surface area contributed by atoms with E-state index in [0.717, 1.165) is 12.3 Å². The van der Waals surface area contributed by atoms with Crippen molar-refractivity contribution in [2.24, 2.45) is 5.73 Å². The predicted octanol–water partition coefficient (Wildman–Crippen LogP) is 2.24. The molecular formula is C18H20F2N2O4S. The van der Waals surface area contributed by atoms with Gasteiger partial charge in [0.2, 0.25) is 5.91 Å². The molecule has 0 spiro atoms. The lowest BCUT2D eigenvalue weighted by atomic mass is 10.2. The van der Waals surface area contributed by atoms with Crippen LogP contribution in [0.15, 0.2) is 42.5 Å². The maximum Gasteiger partial charge on any atom is 0.241 e. The van der Waals surface area contributed by atoms with Gasteiger partial charge in [0.05, 0.1) is 11.8 Å². The van der Waals surface area contributed by atoms with Crippen LogP contribution in [-0.4, -0.2) is 32.4 Å². The highest BCUT2D eigenvalue weighted by Gasteiger charge is 2.17. The van der Waals surface area contributed by atoms with Crippen LogP contribution in [0.4, 0.5) is 14.5 Å². The molecule has 0 bridgehead atoms. The monoisotopic (exact) mass is 398 g/mol. The van der Waals surface area contributed by atoms with Gasteiger partial charge in [-0.05, 0) is 36.2 Å². The molecule has 146 valence electrons. The number of amides is 1. The van der Waals surface area contributed by atoms with Gasteiger partial charge in [0.25, 0.3) is 0 Å². The fourth-order valence-electron chi connectivity index (χ4n) is 2.19. The van der Waals surface area contributed by atoms with Crippen molar-refractivity contribution in [1.29, 1.82) is 0 Å². The number of hydrogen-bond acceptors (Lipinski definition) is 5. The van der Waals surface area contributed by atoms with Crippen molar-refractivity contribution >= 4 is 21.4 Å². The molecule has 3 N–H and O–H groups in total. The first-order valence-corrected chi connectivity index (χ1v) is 10.1. The number of ether oxygens (including phenoxy) is 1. The van der Waals surface area contributed by atoms with Crippen LogP contribution < -0.4 is 15.8 Å². The summed E-state index contributed by atoms with van der Waals surface area (Å²) in [5, 5.41) is 2.42. The summed E-state index contributed by atoms with van der Waals surface area (Å²) in [6.45, 7) is -0.0171. The lowest BCUT2D eigenvalue weighted by molar-refractivity contribution is -0.117. The third kappa shape index (κ3) is 6.95. The number of sulfone groups is 1. The van der Waals surface area contributed by atoms with Crippen LogP contribution >= 0.6 is 0 Å². The highest BCUT2D eigenvalue weighted by atomic mass is 32.2. The topological polar surface area (TPSA) is 98.5 Å². The number of halogens is 2.